The van der Waals surface area contributed by atoms with Gasteiger partial charge in [-0.05, 0) is 12.8 Å². The molecule has 2 aliphatic rings. The average Bonchev–Trinajstić information content (AvgIpc) is 3.06. The first kappa shape index (κ1) is 15.8. The predicted octanol–water partition coefficient (Wildman–Crippen LogP) is 0.394. The summed E-state index contributed by atoms with van der Waals surface area (Å²) in [4.78, 5) is 35.5. The van der Waals surface area contributed by atoms with Gasteiger partial charge in [0.25, 0.3) is 0 Å². The Morgan fingerprint density at radius 1 is 1.14 bits per heavy atom. The monoisotopic (exact) mass is 297 g/mol. The van der Waals surface area contributed by atoms with Gasteiger partial charge in [-0.3, -0.25) is 14.5 Å². The van der Waals surface area contributed by atoms with E-state index in [-0.39, 0.29) is 17.8 Å². The van der Waals surface area contributed by atoms with Gasteiger partial charge in [0.15, 0.2) is 0 Å². The van der Waals surface area contributed by atoms with Gasteiger partial charge in [-0.25, -0.2) is 4.79 Å². The van der Waals surface area contributed by atoms with Crippen LogP contribution in [0, 0.1) is 0 Å². The van der Waals surface area contributed by atoms with E-state index in [4.69, 9.17) is 4.74 Å². The summed E-state index contributed by atoms with van der Waals surface area (Å²) in [6.45, 7) is 1.39. The van der Waals surface area contributed by atoms with Crippen molar-refractivity contribution >= 4 is 17.8 Å². The smallest absolute Gasteiger partial charge is 0.315 e. The number of urea groups is 1. The van der Waals surface area contributed by atoms with Crippen LogP contribution in [0.4, 0.5) is 4.79 Å². The van der Waals surface area contributed by atoms with Crippen LogP contribution in [0.5, 0.6) is 0 Å². The molecule has 7 heteroatoms. The van der Waals surface area contributed by atoms with E-state index in [2.05, 4.69) is 10.6 Å². The molecule has 1 saturated carbocycles. The highest BCUT2D eigenvalue weighted by Gasteiger charge is 2.28. The van der Waals surface area contributed by atoms with Crippen LogP contribution >= 0.6 is 0 Å². The van der Waals surface area contributed by atoms with Gasteiger partial charge >= 0.3 is 6.03 Å². The summed E-state index contributed by atoms with van der Waals surface area (Å²) in [7, 11) is 0. The van der Waals surface area contributed by atoms with Gasteiger partial charge in [0, 0.05) is 25.4 Å². The quantitative estimate of drug-likeness (QED) is 0.526. The largest absolute Gasteiger partial charge is 0.378 e. The minimum atomic E-state index is -0.157. The first-order valence-electron chi connectivity index (χ1n) is 7.62. The van der Waals surface area contributed by atoms with Crippen LogP contribution in [0.3, 0.4) is 0 Å². The van der Waals surface area contributed by atoms with Crippen molar-refractivity contribution in [2.45, 2.75) is 44.6 Å². The SMILES string of the molecule is O=C(NCCOCCN1C(=O)CCC1=O)NC1CCCC1. The number of nitrogens with zero attached hydrogens (tertiary/aromatic N) is 1. The lowest BCUT2D eigenvalue weighted by Gasteiger charge is -2.14. The zero-order valence-corrected chi connectivity index (χ0v) is 12.2. The van der Waals surface area contributed by atoms with Crippen molar-refractivity contribution in [3.63, 3.8) is 0 Å². The number of ether oxygens (including phenoxy) is 1. The lowest BCUT2D eigenvalue weighted by molar-refractivity contribution is -0.139. The lowest BCUT2D eigenvalue weighted by atomic mass is 10.3. The van der Waals surface area contributed by atoms with Crippen LogP contribution in [-0.2, 0) is 14.3 Å². The van der Waals surface area contributed by atoms with E-state index < -0.39 is 0 Å². The van der Waals surface area contributed by atoms with E-state index in [1.807, 2.05) is 0 Å². The molecule has 2 N–H and O–H groups in total. The molecule has 2 fully saturated rings. The molecular weight excluding hydrogens is 274 g/mol. The van der Waals surface area contributed by atoms with Crippen LogP contribution in [0.1, 0.15) is 38.5 Å². The van der Waals surface area contributed by atoms with E-state index in [1.165, 1.54) is 17.7 Å². The Balaban J connectivity index is 1.47. The third kappa shape index (κ3) is 5.00. The fourth-order valence-electron chi connectivity index (χ4n) is 2.67. The zero-order valence-electron chi connectivity index (χ0n) is 12.2. The summed E-state index contributed by atoms with van der Waals surface area (Å²) in [6.07, 6.45) is 5.09. The molecule has 1 aliphatic carbocycles. The number of amides is 4. The molecule has 4 amide bonds. The summed E-state index contributed by atoms with van der Waals surface area (Å²) < 4.78 is 5.32. The fraction of sp³-hybridized carbons (Fsp3) is 0.786. The van der Waals surface area contributed by atoms with E-state index in [0.29, 0.717) is 45.2 Å². The number of likely N-dealkylation sites (tertiary alicyclic amines) is 1. The van der Waals surface area contributed by atoms with Crippen molar-refractivity contribution in [1.29, 1.82) is 0 Å². The molecule has 0 radical (unpaired) electrons. The molecule has 1 aliphatic heterocycles. The number of rotatable bonds is 7. The third-order valence-corrected chi connectivity index (χ3v) is 3.84. The second kappa shape index (κ2) is 7.97. The Kier molecular flexibility index (Phi) is 5.98. The van der Waals surface area contributed by atoms with Crippen molar-refractivity contribution in [2.75, 3.05) is 26.3 Å². The van der Waals surface area contributed by atoms with Gasteiger partial charge in [-0.1, -0.05) is 12.8 Å². The number of nitrogens with one attached hydrogen (secondary N) is 2. The van der Waals surface area contributed by atoms with Crippen molar-refractivity contribution in [3.8, 4) is 0 Å². The second-order valence-electron chi connectivity index (χ2n) is 5.43. The first-order valence-corrected chi connectivity index (χ1v) is 7.62. The maximum absolute atomic E-state index is 11.6. The van der Waals surface area contributed by atoms with Crippen molar-refractivity contribution in [3.05, 3.63) is 0 Å². The normalized spacial score (nSPS) is 19.3. The molecule has 21 heavy (non-hydrogen) atoms. The zero-order chi connectivity index (χ0) is 15.1. The Morgan fingerprint density at radius 3 is 2.48 bits per heavy atom. The molecule has 0 unspecified atom stereocenters. The van der Waals surface area contributed by atoms with Crippen LogP contribution in [-0.4, -0.2) is 55.1 Å². The summed E-state index contributed by atoms with van der Waals surface area (Å²) in [5.41, 5.74) is 0. The molecule has 1 saturated heterocycles. The summed E-state index contributed by atoms with van der Waals surface area (Å²) in [5, 5.41) is 5.66. The van der Waals surface area contributed by atoms with Crippen LogP contribution in [0.25, 0.3) is 0 Å². The Labute approximate surface area is 124 Å². The molecule has 0 atom stereocenters. The van der Waals surface area contributed by atoms with Gasteiger partial charge in [-0.15, -0.1) is 0 Å². The molecule has 2 rings (SSSR count). The number of hydrogen-bond acceptors (Lipinski definition) is 4. The molecule has 0 aromatic carbocycles. The molecule has 7 nitrogen and oxygen atoms in total. The van der Waals surface area contributed by atoms with Crippen molar-refractivity contribution < 1.29 is 19.1 Å². The van der Waals surface area contributed by atoms with Crippen LogP contribution in [0.15, 0.2) is 0 Å². The van der Waals surface area contributed by atoms with Crippen LogP contribution in [0.2, 0.25) is 0 Å². The van der Waals surface area contributed by atoms with Gasteiger partial charge in [-0.2, -0.15) is 0 Å². The Morgan fingerprint density at radius 2 is 1.81 bits per heavy atom. The lowest BCUT2D eigenvalue weighted by Crippen LogP contribution is -2.42. The minimum Gasteiger partial charge on any atom is -0.378 e. The van der Waals surface area contributed by atoms with Crippen LogP contribution < -0.4 is 10.6 Å². The summed E-state index contributed by atoms with van der Waals surface area (Å²) in [6, 6.07) is 0.147. The molecule has 0 aromatic rings. The number of carbonyl (C=O) groups excluding carboxylic acids is 3. The van der Waals surface area contributed by atoms with E-state index in [0.717, 1.165) is 12.8 Å². The minimum absolute atomic E-state index is 0.127. The number of hydrogen-bond donors (Lipinski definition) is 2. The topological polar surface area (TPSA) is 87.7 Å². The van der Waals surface area contributed by atoms with E-state index >= 15 is 0 Å². The highest BCUT2D eigenvalue weighted by Crippen LogP contribution is 2.17. The maximum atomic E-state index is 11.6. The van der Waals surface area contributed by atoms with Gasteiger partial charge in [0.2, 0.25) is 11.8 Å². The molecule has 118 valence electrons. The number of carbonyl (C=O) groups is 3. The fourth-order valence-corrected chi connectivity index (χ4v) is 2.67. The predicted molar refractivity (Wildman–Crippen MR) is 75.6 cm³/mol. The van der Waals surface area contributed by atoms with Crippen molar-refractivity contribution in [1.82, 2.24) is 15.5 Å². The maximum Gasteiger partial charge on any atom is 0.315 e. The second-order valence-corrected chi connectivity index (χ2v) is 5.43. The Bertz CT molecular complexity index is 378. The van der Waals surface area contributed by atoms with E-state index in [9.17, 15) is 14.4 Å². The first-order chi connectivity index (χ1) is 10.2. The standard InChI is InChI=1S/C14H23N3O4/c18-12-5-6-13(19)17(12)8-10-21-9-7-15-14(20)16-11-3-1-2-4-11/h11H,1-10H2,(H2,15,16,20). The van der Waals surface area contributed by atoms with E-state index in [1.54, 1.807) is 0 Å². The number of imide groups is 1. The van der Waals surface area contributed by atoms with Gasteiger partial charge in [0.05, 0.1) is 19.8 Å². The third-order valence-electron chi connectivity index (χ3n) is 3.84. The molecule has 0 aromatic heterocycles. The van der Waals surface area contributed by atoms with Crippen molar-refractivity contribution in [2.24, 2.45) is 0 Å². The molecule has 0 bridgehead atoms. The Hall–Kier alpha value is -1.63. The highest BCUT2D eigenvalue weighted by atomic mass is 16.5. The summed E-state index contributed by atoms with van der Waals surface area (Å²) in [5.74, 6) is -0.254. The van der Waals surface area contributed by atoms with Gasteiger partial charge in [0.1, 0.15) is 0 Å². The molecule has 0 spiro atoms. The average molecular weight is 297 g/mol. The molecule has 1 heterocycles. The van der Waals surface area contributed by atoms with Gasteiger partial charge < -0.3 is 15.4 Å². The summed E-state index contributed by atoms with van der Waals surface area (Å²) >= 11 is 0. The highest BCUT2D eigenvalue weighted by molar-refractivity contribution is 6.01. The molecular formula is C14H23N3O4.